The zero-order valence-corrected chi connectivity index (χ0v) is 11.3. The lowest BCUT2D eigenvalue weighted by atomic mass is 10.1. The summed E-state index contributed by atoms with van der Waals surface area (Å²) in [6, 6.07) is 14.3. The Bertz CT molecular complexity index is 705. The molecule has 1 aromatic carbocycles. The van der Waals surface area contributed by atoms with E-state index in [-0.39, 0.29) is 6.04 Å². The number of nitrogens with zero attached hydrogens (tertiary/aromatic N) is 3. The number of rotatable bonds is 4. The third kappa shape index (κ3) is 2.48. The first-order chi connectivity index (χ1) is 9.76. The van der Waals surface area contributed by atoms with E-state index >= 15 is 0 Å². The molecule has 0 aliphatic carbocycles. The topological polar surface area (TPSA) is 68.2 Å². The van der Waals surface area contributed by atoms with Crippen molar-refractivity contribution < 1.29 is 0 Å². The molecule has 0 aliphatic rings. The molecule has 3 aromatic rings. The lowest BCUT2D eigenvalue weighted by Crippen LogP contribution is -2.09. The fourth-order valence-electron chi connectivity index (χ4n) is 2.15. The maximum absolute atomic E-state index is 5.59. The molecule has 0 fully saturated rings. The second-order valence-corrected chi connectivity index (χ2v) is 4.73. The van der Waals surface area contributed by atoms with Crippen LogP contribution >= 0.6 is 0 Å². The molecular formula is C15H17N5. The van der Waals surface area contributed by atoms with Gasteiger partial charge in [-0.2, -0.15) is 0 Å². The molecule has 0 aliphatic heterocycles. The van der Waals surface area contributed by atoms with E-state index in [2.05, 4.69) is 34.5 Å². The predicted molar refractivity (Wildman–Crippen MR) is 79.4 cm³/mol. The number of imidazole rings is 1. The van der Waals surface area contributed by atoms with Gasteiger partial charge in [0, 0.05) is 12.6 Å². The Hall–Kier alpha value is -2.40. The van der Waals surface area contributed by atoms with E-state index in [9.17, 15) is 0 Å². The Morgan fingerprint density at radius 1 is 1.20 bits per heavy atom. The van der Waals surface area contributed by atoms with Crippen LogP contribution in [0.25, 0.3) is 5.65 Å². The number of nitrogens with two attached hydrogens (primary N) is 1. The van der Waals surface area contributed by atoms with Crippen molar-refractivity contribution in [3.8, 4) is 0 Å². The average Bonchev–Trinajstić information content (AvgIpc) is 2.90. The highest BCUT2D eigenvalue weighted by Gasteiger charge is 2.07. The summed E-state index contributed by atoms with van der Waals surface area (Å²) in [6.45, 7) is 2.53. The summed E-state index contributed by atoms with van der Waals surface area (Å²) in [4.78, 5) is 4.36. The van der Waals surface area contributed by atoms with Crippen LogP contribution in [0, 0.1) is 0 Å². The molecule has 2 aromatic heterocycles. The molecule has 3 N–H and O–H groups in total. The zero-order valence-electron chi connectivity index (χ0n) is 11.3. The van der Waals surface area contributed by atoms with Gasteiger partial charge in [0.25, 0.3) is 0 Å². The lowest BCUT2D eigenvalue weighted by Gasteiger charge is -2.14. The van der Waals surface area contributed by atoms with E-state index in [1.807, 2.05) is 36.5 Å². The van der Waals surface area contributed by atoms with Crippen LogP contribution in [0.2, 0.25) is 0 Å². The quantitative estimate of drug-likeness (QED) is 0.761. The summed E-state index contributed by atoms with van der Waals surface area (Å²) in [6.07, 6.45) is 1.85. The van der Waals surface area contributed by atoms with Crippen LogP contribution in [0.15, 0.2) is 48.7 Å². The molecule has 3 rings (SSSR count). The van der Waals surface area contributed by atoms with E-state index in [0.29, 0.717) is 6.54 Å². The van der Waals surface area contributed by atoms with Gasteiger partial charge in [-0.05, 0) is 24.6 Å². The van der Waals surface area contributed by atoms with E-state index in [4.69, 9.17) is 5.73 Å². The summed E-state index contributed by atoms with van der Waals surface area (Å²) < 4.78 is 1.75. The second-order valence-electron chi connectivity index (χ2n) is 4.73. The summed E-state index contributed by atoms with van der Waals surface area (Å²) in [5, 5.41) is 7.88. The second kappa shape index (κ2) is 5.30. The molecule has 0 amide bonds. The van der Waals surface area contributed by atoms with Crippen LogP contribution < -0.4 is 11.1 Å². The highest BCUT2D eigenvalue weighted by molar-refractivity contribution is 5.46. The van der Waals surface area contributed by atoms with Crippen LogP contribution in [-0.2, 0) is 6.54 Å². The summed E-state index contributed by atoms with van der Waals surface area (Å²) >= 11 is 0. The van der Waals surface area contributed by atoms with Crippen LogP contribution in [0.5, 0.6) is 0 Å². The largest absolute Gasteiger partial charge is 0.362 e. The Morgan fingerprint density at radius 2 is 2.00 bits per heavy atom. The maximum atomic E-state index is 5.59. The smallest absolute Gasteiger partial charge is 0.153 e. The molecule has 102 valence electrons. The molecule has 1 unspecified atom stereocenters. The van der Waals surface area contributed by atoms with Gasteiger partial charge in [0.15, 0.2) is 5.65 Å². The monoisotopic (exact) mass is 267 g/mol. The van der Waals surface area contributed by atoms with Gasteiger partial charge in [0.1, 0.15) is 5.82 Å². The van der Waals surface area contributed by atoms with Gasteiger partial charge in [-0.3, -0.25) is 0 Å². The first-order valence-corrected chi connectivity index (χ1v) is 6.63. The van der Waals surface area contributed by atoms with Crippen molar-refractivity contribution >= 4 is 11.5 Å². The first kappa shape index (κ1) is 12.6. The lowest BCUT2D eigenvalue weighted by molar-refractivity contribution is 0.845. The third-order valence-corrected chi connectivity index (χ3v) is 3.24. The standard InChI is InChI=1S/C15H17N5/c1-11(12-5-3-2-4-6-12)17-14-7-8-15-18-13(9-16)10-20(15)19-14/h2-8,10-11H,9,16H2,1H3,(H,17,19). The molecule has 20 heavy (non-hydrogen) atoms. The number of hydrogen-bond donors (Lipinski definition) is 2. The average molecular weight is 267 g/mol. The van der Waals surface area contributed by atoms with Crippen molar-refractivity contribution in [2.45, 2.75) is 19.5 Å². The molecule has 5 nitrogen and oxygen atoms in total. The highest BCUT2D eigenvalue weighted by atomic mass is 15.3. The van der Waals surface area contributed by atoms with Gasteiger partial charge in [-0.1, -0.05) is 30.3 Å². The van der Waals surface area contributed by atoms with Crippen LogP contribution in [0.3, 0.4) is 0 Å². The number of fused-ring (bicyclic) bond motifs is 1. The Morgan fingerprint density at radius 3 is 2.75 bits per heavy atom. The normalized spacial score (nSPS) is 12.5. The Labute approximate surface area is 117 Å². The van der Waals surface area contributed by atoms with Gasteiger partial charge < -0.3 is 11.1 Å². The van der Waals surface area contributed by atoms with Crippen LogP contribution in [0.1, 0.15) is 24.2 Å². The van der Waals surface area contributed by atoms with Crippen molar-refractivity contribution in [1.29, 1.82) is 0 Å². The molecule has 1 atom stereocenters. The fourth-order valence-corrected chi connectivity index (χ4v) is 2.15. The van der Waals surface area contributed by atoms with E-state index in [0.717, 1.165) is 17.2 Å². The molecule has 0 bridgehead atoms. The van der Waals surface area contributed by atoms with E-state index in [1.54, 1.807) is 4.52 Å². The molecule has 0 radical (unpaired) electrons. The number of aromatic nitrogens is 3. The summed E-state index contributed by atoms with van der Waals surface area (Å²) in [5.74, 6) is 0.815. The van der Waals surface area contributed by atoms with Crippen molar-refractivity contribution in [3.05, 3.63) is 59.9 Å². The van der Waals surface area contributed by atoms with Gasteiger partial charge in [-0.25, -0.2) is 9.50 Å². The molecule has 0 saturated carbocycles. The van der Waals surface area contributed by atoms with Crippen molar-refractivity contribution in [3.63, 3.8) is 0 Å². The minimum atomic E-state index is 0.193. The molecule has 2 heterocycles. The highest BCUT2D eigenvalue weighted by Crippen LogP contribution is 2.17. The Kier molecular flexibility index (Phi) is 3.35. The van der Waals surface area contributed by atoms with Crippen molar-refractivity contribution in [2.24, 2.45) is 5.73 Å². The summed E-state index contributed by atoms with van der Waals surface area (Å²) in [7, 11) is 0. The summed E-state index contributed by atoms with van der Waals surface area (Å²) in [5.41, 5.74) is 8.46. The van der Waals surface area contributed by atoms with E-state index in [1.165, 1.54) is 5.56 Å². The zero-order chi connectivity index (χ0) is 13.9. The molecule has 5 heteroatoms. The fraction of sp³-hybridized carbons (Fsp3) is 0.200. The minimum absolute atomic E-state index is 0.193. The van der Waals surface area contributed by atoms with Gasteiger partial charge >= 0.3 is 0 Å². The maximum Gasteiger partial charge on any atom is 0.153 e. The van der Waals surface area contributed by atoms with Gasteiger partial charge in [0.05, 0.1) is 11.9 Å². The number of nitrogens with one attached hydrogen (secondary N) is 1. The number of benzene rings is 1. The SMILES string of the molecule is CC(Nc1ccc2nc(CN)cn2n1)c1ccccc1. The van der Waals surface area contributed by atoms with Crippen LogP contribution in [-0.4, -0.2) is 14.6 Å². The minimum Gasteiger partial charge on any atom is -0.362 e. The third-order valence-electron chi connectivity index (χ3n) is 3.24. The van der Waals surface area contributed by atoms with Crippen molar-refractivity contribution in [2.75, 3.05) is 5.32 Å². The molecule has 0 spiro atoms. The van der Waals surface area contributed by atoms with Crippen LogP contribution in [0.4, 0.5) is 5.82 Å². The number of anilines is 1. The molecule has 0 saturated heterocycles. The van der Waals surface area contributed by atoms with Gasteiger partial charge in [0.2, 0.25) is 0 Å². The molecular weight excluding hydrogens is 250 g/mol. The van der Waals surface area contributed by atoms with Crippen molar-refractivity contribution in [1.82, 2.24) is 14.6 Å². The van der Waals surface area contributed by atoms with E-state index < -0.39 is 0 Å². The predicted octanol–water partition coefficient (Wildman–Crippen LogP) is 2.36. The van der Waals surface area contributed by atoms with Gasteiger partial charge in [-0.15, -0.1) is 5.10 Å². The first-order valence-electron chi connectivity index (χ1n) is 6.63. The number of hydrogen-bond acceptors (Lipinski definition) is 4. The Balaban J connectivity index is 1.83.